The number of sulfone groups is 1. The lowest BCUT2D eigenvalue weighted by atomic mass is 10.4. The van der Waals surface area contributed by atoms with Crippen LogP contribution in [-0.2, 0) is 9.84 Å². The van der Waals surface area contributed by atoms with Crippen molar-refractivity contribution >= 4 is 21.4 Å². The highest BCUT2D eigenvalue weighted by Gasteiger charge is 2.04. The van der Waals surface area contributed by atoms with Gasteiger partial charge in [-0.25, -0.2) is 8.42 Å². The highest BCUT2D eigenvalue weighted by molar-refractivity contribution is 7.90. The molecule has 0 radical (unpaired) electrons. The number of alkyl halides is 1. The van der Waals surface area contributed by atoms with Gasteiger partial charge >= 0.3 is 0 Å². The molecule has 0 aliphatic carbocycles. The first-order valence-electron chi connectivity index (χ1n) is 3.88. The molecular weight excluding hydrogens is 198 g/mol. The van der Waals surface area contributed by atoms with E-state index in [0.717, 1.165) is 13.0 Å². The molecule has 0 heterocycles. The predicted molar refractivity (Wildman–Crippen MR) is 52.5 cm³/mol. The quantitative estimate of drug-likeness (QED) is 0.607. The Kier molecular flexibility index (Phi) is 5.88. The van der Waals surface area contributed by atoms with E-state index in [-0.39, 0.29) is 5.75 Å². The van der Waals surface area contributed by atoms with Crippen molar-refractivity contribution in [2.45, 2.75) is 6.42 Å². The highest BCUT2D eigenvalue weighted by Crippen LogP contribution is 1.91. The zero-order chi connectivity index (χ0) is 9.61. The van der Waals surface area contributed by atoms with Crippen molar-refractivity contribution in [1.82, 2.24) is 4.90 Å². The topological polar surface area (TPSA) is 37.4 Å². The molecule has 0 saturated carbocycles. The zero-order valence-electron chi connectivity index (χ0n) is 7.59. The second-order valence-electron chi connectivity index (χ2n) is 2.98. The van der Waals surface area contributed by atoms with Crippen LogP contribution in [0.1, 0.15) is 6.42 Å². The Morgan fingerprint density at radius 3 is 2.33 bits per heavy atom. The second kappa shape index (κ2) is 5.78. The van der Waals surface area contributed by atoms with E-state index in [2.05, 4.69) is 0 Å². The Bertz CT molecular complexity index is 203. The number of halogens is 1. The fraction of sp³-hybridized carbons (Fsp3) is 1.00. The van der Waals surface area contributed by atoms with Gasteiger partial charge in [0.1, 0.15) is 9.84 Å². The summed E-state index contributed by atoms with van der Waals surface area (Å²) in [5, 5.41) is 0. The molecule has 0 aromatic rings. The van der Waals surface area contributed by atoms with Crippen molar-refractivity contribution in [3.05, 3.63) is 0 Å². The van der Waals surface area contributed by atoms with Gasteiger partial charge in [-0.15, -0.1) is 11.6 Å². The predicted octanol–water partition coefficient (Wildman–Crippen LogP) is 0.592. The average molecular weight is 214 g/mol. The summed E-state index contributed by atoms with van der Waals surface area (Å²) in [7, 11) is -0.918. The number of hydrogen-bond donors (Lipinski definition) is 0. The molecule has 3 nitrogen and oxygen atoms in total. The van der Waals surface area contributed by atoms with Crippen LogP contribution >= 0.6 is 11.6 Å². The van der Waals surface area contributed by atoms with Gasteiger partial charge in [0.15, 0.2) is 0 Å². The molecule has 0 aromatic carbocycles. The van der Waals surface area contributed by atoms with E-state index in [4.69, 9.17) is 11.6 Å². The molecule has 0 saturated heterocycles. The van der Waals surface area contributed by atoms with Crippen LogP contribution < -0.4 is 0 Å². The summed E-state index contributed by atoms with van der Waals surface area (Å²) in [6.45, 7) is 1.45. The SMILES string of the molecule is CN(CCCCl)CCS(C)(=O)=O. The van der Waals surface area contributed by atoms with Gasteiger partial charge in [0.05, 0.1) is 5.75 Å². The first kappa shape index (κ1) is 12.2. The van der Waals surface area contributed by atoms with Crippen molar-refractivity contribution in [2.24, 2.45) is 0 Å². The van der Waals surface area contributed by atoms with Crippen molar-refractivity contribution in [3.8, 4) is 0 Å². The molecule has 74 valence electrons. The van der Waals surface area contributed by atoms with Crippen LogP contribution in [0.4, 0.5) is 0 Å². The number of nitrogens with zero attached hydrogens (tertiary/aromatic N) is 1. The van der Waals surface area contributed by atoms with Crippen LogP contribution in [-0.4, -0.2) is 51.3 Å². The smallest absolute Gasteiger partial charge is 0.148 e. The Labute approximate surface area is 79.6 Å². The van der Waals surface area contributed by atoms with E-state index in [1.807, 2.05) is 11.9 Å². The van der Waals surface area contributed by atoms with Gasteiger partial charge < -0.3 is 4.90 Å². The minimum absolute atomic E-state index is 0.228. The maximum atomic E-state index is 10.8. The third-order valence-electron chi connectivity index (χ3n) is 1.52. The molecule has 0 bridgehead atoms. The molecule has 0 spiro atoms. The number of hydrogen-bond acceptors (Lipinski definition) is 3. The van der Waals surface area contributed by atoms with Gasteiger partial charge in [0, 0.05) is 18.7 Å². The molecule has 0 rings (SSSR count). The standard InChI is InChI=1S/C7H16ClNO2S/c1-9(5-3-4-8)6-7-12(2,10)11/h3-7H2,1-2H3. The van der Waals surface area contributed by atoms with E-state index in [0.29, 0.717) is 12.4 Å². The third-order valence-corrected chi connectivity index (χ3v) is 2.71. The fourth-order valence-electron chi connectivity index (χ4n) is 0.763. The fourth-order valence-corrected chi connectivity index (χ4v) is 1.53. The molecule has 0 N–H and O–H groups in total. The summed E-state index contributed by atoms with van der Waals surface area (Å²) in [5.41, 5.74) is 0. The molecule has 0 aromatic heterocycles. The lowest BCUT2D eigenvalue weighted by molar-refractivity contribution is 0.355. The van der Waals surface area contributed by atoms with E-state index in [9.17, 15) is 8.42 Å². The van der Waals surface area contributed by atoms with Gasteiger partial charge in [0.2, 0.25) is 0 Å². The first-order chi connectivity index (χ1) is 5.45. The molecule has 0 unspecified atom stereocenters. The van der Waals surface area contributed by atoms with Crippen molar-refractivity contribution in [3.63, 3.8) is 0 Å². The van der Waals surface area contributed by atoms with Gasteiger partial charge in [-0.05, 0) is 20.0 Å². The monoisotopic (exact) mass is 213 g/mol. The van der Waals surface area contributed by atoms with Crippen LogP contribution in [0, 0.1) is 0 Å². The van der Waals surface area contributed by atoms with Crippen LogP contribution in [0.25, 0.3) is 0 Å². The Morgan fingerprint density at radius 2 is 1.92 bits per heavy atom. The van der Waals surface area contributed by atoms with Crippen LogP contribution in [0.2, 0.25) is 0 Å². The Balaban J connectivity index is 3.51. The van der Waals surface area contributed by atoms with Gasteiger partial charge in [0.25, 0.3) is 0 Å². The van der Waals surface area contributed by atoms with Crippen LogP contribution in [0.15, 0.2) is 0 Å². The molecule has 0 amide bonds. The average Bonchev–Trinajstić information content (AvgIpc) is 1.95. The van der Waals surface area contributed by atoms with Gasteiger partial charge in [-0.1, -0.05) is 0 Å². The maximum Gasteiger partial charge on any atom is 0.148 e. The van der Waals surface area contributed by atoms with Crippen LogP contribution in [0.3, 0.4) is 0 Å². The van der Waals surface area contributed by atoms with Crippen molar-refractivity contribution in [2.75, 3.05) is 38.0 Å². The maximum absolute atomic E-state index is 10.8. The van der Waals surface area contributed by atoms with Gasteiger partial charge in [-0.2, -0.15) is 0 Å². The lowest BCUT2D eigenvalue weighted by Gasteiger charge is -2.14. The normalized spacial score (nSPS) is 12.3. The highest BCUT2D eigenvalue weighted by atomic mass is 35.5. The molecular formula is C7H16ClNO2S. The molecule has 0 atom stereocenters. The van der Waals surface area contributed by atoms with E-state index < -0.39 is 9.84 Å². The van der Waals surface area contributed by atoms with E-state index in [1.165, 1.54) is 6.26 Å². The minimum atomic E-state index is -2.82. The summed E-state index contributed by atoms with van der Waals surface area (Å²) < 4.78 is 21.5. The first-order valence-corrected chi connectivity index (χ1v) is 6.47. The molecule has 12 heavy (non-hydrogen) atoms. The van der Waals surface area contributed by atoms with E-state index in [1.54, 1.807) is 0 Å². The Morgan fingerprint density at radius 1 is 1.33 bits per heavy atom. The van der Waals surface area contributed by atoms with Crippen molar-refractivity contribution in [1.29, 1.82) is 0 Å². The summed E-state index contributed by atoms with van der Waals surface area (Å²) in [5.74, 6) is 0.856. The van der Waals surface area contributed by atoms with Crippen LogP contribution in [0.5, 0.6) is 0 Å². The molecule has 0 aliphatic heterocycles. The summed E-state index contributed by atoms with van der Waals surface area (Å²) in [4.78, 5) is 1.98. The largest absolute Gasteiger partial charge is 0.305 e. The molecule has 0 aliphatic rings. The third kappa shape index (κ3) is 8.30. The second-order valence-corrected chi connectivity index (χ2v) is 5.61. The molecule has 5 heteroatoms. The van der Waals surface area contributed by atoms with Gasteiger partial charge in [-0.3, -0.25) is 0 Å². The minimum Gasteiger partial charge on any atom is -0.305 e. The number of rotatable bonds is 6. The summed E-state index contributed by atoms with van der Waals surface area (Å²) >= 11 is 5.49. The Hall–Kier alpha value is 0.200. The summed E-state index contributed by atoms with van der Waals surface area (Å²) in [6.07, 6.45) is 2.16. The lowest BCUT2D eigenvalue weighted by Crippen LogP contribution is -2.26. The summed E-state index contributed by atoms with van der Waals surface area (Å²) in [6, 6.07) is 0. The van der Waals surface area contributed by atoms with E-state index >= 15 is 0 Å². The zero-order valence-corrected chi connectivity index (χ0v) is 9.16. The van der Waals surface area contributed by atoms with Crippen molar-refractivity contribution < 1.29 is 8.42 Å². The molecule has 0 fully saturated rings.